The molecule has 0 spiro atoms. The van der Waals surface area contributed by atoms with Gasteiger partial charge in [0.1, 0.15) is 5.01 Å². The van der Waals surface area contributed by atoms with Gasteiger partial charge in [0.25, 0.3) is 0 Å². The van der Waals surface area contributed by atoms with Crippen molar-refractivity contribution in [3.63, 3.8) is 0 Å². The summed E-state index contributed by atoms with van der Waals surface area (Å²) < 4.78 is 5.00. The maximum Gasteiger partial charge on any atom is 0.230 e. The quantitative estimate of drug-likeness (QED) is 0.920. The highest BCUT2D eigenvalue weighted by molar-refractivity contribution is 7.09. The van der Waals surface area contributed by atoms with Crippen molar-refractivity contribution in [3.8, 4) is 0 Å². The van der Waals surface area contributed by atoms with Gasteiger partial charge in [-0.25, -0.2) is 4.98 Å². The number of benzene rings is 1. The van der Waals surface area contributed by atoms with E-state index in [1.54, 1.807) is 19.2 Å². The molecule has 1 aromatic carbocycles. The molecule has 1 heterocycles. The van der Waals surface area contributed by atoms with Crippen LogP contribution in [0.15, 0.2) is 23.6 Å². The van der Waals surface area contributed by atoms with Crippen molar-refractivity contribution < 1.29 is 9.53 Å². The Morgan fingerprint density at radius 3 is 3.05 bits per heavy atom. The summed E-state index contributed by atoms with van der Waals surface area (Å²) in [5.74, 6) is -0.107. The fraction of sp³-hybridized carbons (Fsp3) is 0.286. The Labute approximate surface area is 126 Å². The number of aryl methyl sites for hydroxylation is 1. The third-order valence-corrected chi connectivity index (χ3v) is 3.79. The molecule has 106 valence electrons. The van der Waals surface area contributed by atoms with Crippen molar-refractivity contribution in [2.45, 2.75) is 20.0 Å². The number of nitrogens with one attached hydrogen (secondary N) is 1. The van der Waals surface area contributed by atoms with Crippen LogP contribution in [0.1, 0.15) is 16.3 Å². The molecule has 0 bridgehead atoms. The monoisotopic (exact) mass is 310 g/mol. The SMILES string of the molecule is COCc1nc(CC(=O)Nc2cc(Cl)ccc2C)cs1. The number of rotatable bonds is 5. The highest BCUT2D eigenvalue weighted by Gasteiger charge is 2.09. The third kappa shape index (κ3) is 4.03. The van der Waals surface area contributed by atoms with E-state index >= 15 is 0 Å². The number of methoxy groups -OCH3 is 1. The van der Waals surface area contributed by atoms with Crippen LogP contribution in [0.4, 0.5) is 5.69 Å². The summed E-state index contributed by atoms with van der Waals surface area (Å²) in [7, 11) is 1.62. The predicted molar refractivity (Wildman–Crippen MR) is 81.3 cm³/mol. The molecule has 1 amide bonds. The van der Waals surface area contributed by atoms with E-state index in [9.17, 15) is 4.79 Å². The van der Waals surface area contributed by atoms with E-state index in [1.165, 1.54) is 11.3 Å². The van der Waals surface area contributed by atoms with Crippen molar-refractivity contribution >= 4 is 34.5 Å². The maximum absolute atomic E-state index is 12.0. The summed E-state index contributed by atoms with van der Waals surface area (Å²) in [5.41, 5.74) is 2.45. The number of hydrogen-bond acceptors (Lipinski definition) is 4. The van der Waals surface area contributed by atoms with E-state index < -0.39 is 0 Å². The van der Waals surface area contributed by atoms with Gasteiger partial charge in [-0.3, -0.25) is 4.79 Å². The number of carbonyl (C=O) groups is 1. The first-order valence-electron chi connectivity index (χ1n) is 6.06. The van der Waals surface area contributed by atoms with Crippen LogP contribution in [0.25, 0.3) is 0 Å². The van der Waals surface area contributed by atoms with E-state index in [2.05, 4.69) is 10.3 Å². The Morgan fingerprint density at radius 1 is 1.50 bits per heavy atom. The molecular formula is C14H15ClN2O2S. The summed E-state index contributed by atoms with van der Waals surface area (Å²) in [4.78, 5) is 16.3. The normalized spacial score (nSPS) is 10.6. The minimum atomic E-state index is -0.107. The number of thiazole rings is 1. The Kier molecular flexibility index (Phi) is 5.11. The standard InChI is InChI=1S/C14H15ClN2O2S/c1-9-3-4-10(15)5-12(9)17-13(18)6-11-8-20-14(16-11)7-19-2/h3-5,8H,6-7H2,1-2H3,(H,17,18). The number of carbonyl (C=O) groups excluding carboxylic acids is 1. The van der Waals surface area contributed by atoms with Gasteiger partial charge in [0.15, 0.2) is 0 Å². The molecule has 0 radical (unpaired) electrons. The van der Waals surface area contributed by atoms with Gasteiger partial charge in [-0.05, 0) is 24.6 Å². The van der Waals surface area contributed by atoms with E-state index in [1.807, 2.05) is 18.4 Å². The fourth-order valence-corrected chi connectivity index (χ4v) is 2.64. The zero-order chi connectivity index (χ0) is 14.5. The molecule has 0 saturated carbocycles. The molecule has 0 aliphatic heterocycles. The van der Waals surface area contributed by atoms with Gasteiger partial charge in [-0.2, -0.15) is 0 Å². The van der Waals surface area contributed by atoms with E-state index in [0.717, 1.165) is 22.0 Å². The first kappa shape index (κ1) is 15.0. The average molecular weight is 311 g/mol. The zero-order valence-electron chi connectivity index (χ0n) is 11.3. The topological polar surface area (TPSA) is 51.2 Å². The van der Waals surface area contributed by atoms with Crippen LogP contribution in [0.3, 0.4) is 0 Å². The fourth-order valence-electron chi connectivity index (χ4n) is 1.71. The van der Waals surface area contributed by atoms with Crippen molar-refractivity contribution in [3.05, 3.63) is 44.9 Å². The third-order valence-electron chi connectivity index (χ3n) is 2.68. The Hall–Kier alpha value is -1.43. The molecule has 20 heavy (non-hydrogen) atoms. The van der Waals surface area contributed by atoms with Crippen LogP contribution in [-0.2, 0) is 22.6 Å². The van der Waals surface area contributed by atoms with Gasteiger partial charge in [0, 0.05) is 23.2 Å². The lowest BCUT2D eigenvalue weighted by molar-refractivity contribution is -0.115. The molecule has 0 saturated heterocycles. The molecule has 6 heteroatoms. The molecule has 0 aliphatic carbocycles. The lowest BCUT2D eigenvalue weighted by Crippen LogP contribution is -2.15. The largest absolute Gasteiger partial charge is 0.378 e. The van der Waals surface area contributed by atoms with Crippen LogP contribution < -0.4 is 5.32 Å². The molecule has 0 unspecified atom stereocenters. The second kappa shape index (κ2) is 6.83. The highest BCUT2D eigenvalue weighted by atomic mass is 35.5. The van der Waals surface area contributed by atoms with Gasteiger partial charge in [0.2, 0.25) is 5.91 Å². The van der Waals surface area contributed by atoms with Gasteiger partial charge in [-0.1, -0.05) is 17.7 Å². The second-order valence-corrected chi connectivity index (χ2v) is 5.73. The number of halogens is 1. The van der Waals surface area contributed by atoms with Gasteiger partial charge >= 0.3 is 0 Å². The minimum absolute atomic E-state index is 0.107. The average Bonchev–Trinajstić information content (AvgIpc) is 2.81. The van der Waals surface area contributed by atoms with Gasteiger partial charge < -0.3 is 10.1 Å². The van der Waals surface area contributed by atoms with Gasteiger partial charge in [0.05, 0.1) is 18.7 Å². The summed E-state index contributed by atoms with van der Waals surface area (Å²) in [5, 5.41) is 6.19. The maximum atomic E-state index is 12.0. The van der Waals surface area contributed by atoms with Crippen molar-refractivity contribution in [1.29, 1.82) is 0 Å². The number of nitrogens with zero attached hydrogens (tertiary/aromatic N) is 1. The van der Waals surface area contributed by atoms with Crippen LogP contribution >= 0.6 is 22.9 Å². The van der Waals surface area contributed by atoms with E-state index in [-0.39, 0.29) is 12.3 Å². The smallest absolute Gasteiger partial charge is 0.230 e. The number of ether oxygens (including phenoxy) is 1. The zero-order valence-corrected chi connectivity index (χ0v) is 12.8. The summed E-state index contributed by atoms with van der Waals surface area (Å²) in [6.07, 6.45) is 0.242. The molecule has 1 aromatic heterocycles. The van der Waals surface area contributed by atoms with Crippen LogP contribution in [-0.4, -0.2) is 18.0 Å². The Balaban J connectivity index is 1.99. The number of amides is 1. The first-order valence-corrected chi connectivity index (χ1v) is 7.32. The predicted octanol–water partition coefficient (Wildman–Crippen LogP) is 3.43. The molecule has 2 aromatic rings. The minimum Gasteiger partial charge on any atom is -0.378 e. The van der Waals surface area contributed by atoms with Gasteiger partial charge in [-0.15, -0.1) is 11.3 Å². The number of anilines is 1. The molecule has 0 atom stereocenters. The molecule has 4 nitrogen and oxygen atoms in total. The van der Waals surface area contributed by atoms with Crippen molar-refractivity contribution in [2.24, 2.45) is 0 Å². The molecular weight excluding hydrogens is 296 g/mol. The van der Waals surface area contributed by atoms with Crippen LogP contribution in [0, 0.1) is 6.92 Å². The first-order chi connectivity index (χ1) is 9.58. The Morgan fingerprint density at radius 2 is 2.30 bits per heavy atom. The van der Waals surface area contributed by atoms with Crippen LogP contribution in [0.2, 0.25) is 5.02 Å². The highest BCUT2D eigenvalue weighted by Crippen LogP contribution is 2.20. The number of aromatic nitrogens is 1. The van der Waals surface area contributed by atoms with E-state index in [4.69, 9.17) is 16.3 Å². The molecule has 0 fully saturated rings. The van der Waals surface area contributed by atoms with Crippen molar-refractivity contribution in [2.75, 3.05) is 12.4 Å². The number of hydrogen-bond donors (Lipinski definition) is 1. The summed E-state index contributed by atoms with van der Waals surface area (Å²) in [6.45, 7) is 2.39. The van der Waals surface area contributed by atoms with E-state index in [0.29, 0.717) is 11.6 Å². The summed E-state index contributed by atoms with van der Waals surface area (Å²) in [6, 6.07) is 5.41. The Bertz CT molecular complexity index is 613. The molecule has 0 aliphatic rings. The lowest BCUT2D eigenvalue weighted by Gasteiger charge is -2.08. The molecule has 1 N–H and O–H groups in total. The second-order valence-electron chi connectivity index (χ2n) is 4.35. The van der Waals surface area contributed by atoms with Crippen molar-refractivity contribution in [1.82, 2.24) is 4.98 Å². The summed E-state index contributed by atoms with van der Waals surface area (Å²) >= 11 is 7.41. The molecule has 2 rings (SSSR count). The lowest BCUT2D eigenvalue weighted by atomic mass is 10.2. The van der Waals surface area contributed by atoms with Crippen LogP contribution in [0.5, 0.6) is 0 Å².